The lowest BCUT2D eigenvalue weighted by Crippen LogP contribution is -2.39. The minimum Gasteiger partial charge on any atom is -0.351 e. The molecule has 0 aliphatic carbocycles. The highest BCUT2D eigenvalue weighted by Crippen LogP contribution is 2.12. The highest BCUT2D eigenvalue weighted by Gasteiger charge is 2.09. The van der Waals surface area contributed by atoms with Crippen molar-refractivity contribution in [2.45, 2.75) is 0 Å². The first-order valence-corrected chi connectivity index (χ1v) is 6.32. The second-order valence-electron chi connectivity index (χ2n) is 4.41. The molecule has 0 aromatic heterocycles. The summed E-state index contributed by atoms with van der Waals surface area (Å²) in [5.74, 6) is -0.283. The summed E-state index contributed by atoms with van der Waals surface area (Å²) < 4.78 is 0. The van der Waals surface area contributed by atoms with Crippen molar-refractivity contribution >= 4 is 23.3 Å². The average Bonchev–Trinajstić information content (AvgIpc) is 2.47. The minimum absolute atomic E-state index is 0.283. The van der Waals surface area contributed by atoms with Crippen molar-refractivity contribution in [1.82, 2.24) is 5.43 Å². The van der Waals surface area contributed by atoms with Crippen molar-refractivity contribution in [3.63, 3.8) is 0 Å². The number of carbonyl (C=O) groups is 2. The summed E-state index contributed by atoms with van der Waals surface area (Å²) >= 11 is 0. The van der Waals surface area contributed by atoms with Crippen LogP contribution >= 0.6 is 0 Å². The second-order valence-corrected chi connectivity index (χ2v) is 4.41. The normalized spacial score (nSPS) is 9.76. The highest BCUT2D eigenvalue weighted by molar-refractivity contribution is 5.97. The minimum atomic E-state index is -0.672. The Morgan fingerprint density at radius 3 is 2.43 bits per heavy atom. The van der Waals surface area contributed by atoms with E-state index in [0.29, 0.717) is 11.3 Å². The van der Waals surface area contributed by atoms with Crippen molar-refractivity contribution < 1.29 is 9.59 Å². The number of benzene rings is 2. The lowest BCUT2D eigenvalue weighted by molar-refractivity contribution is 0.0951. The number of rotatable bonds is 4. The van der Waals surface area contributed by atoms with Crippen molar-refractivity contribution in [2.75, 3.05) is 17.4 Å². The van der Waals surface area contributed by atoms with Crippen LogP contribution < -0.4 is 21.5 Å². The fraction of sp³-hybridized carbons (Fsp3) is 0.0667. The number of anilines is 2. The molecule has 0 atom stereocenters. The lowest BCUT2D eigenvalue weighted by atomic mass is 10.2. The van der Waals surface area contributed by atoms with E-state index in [1.54, 1.807) is 36.3 Å². The first-order valence-electron chi connectivity index (χ1n) is 6.32. The third-order valence-corrected chi connectivity index (χ3v) is 2.81. The number of para-hydroxylation sites is 1. The Morgan fingerprint density at radius 2 is 1.76 bits per heavy atom. The quantitative estimate of drug-likeness (QED) is 0.750. The number of primary amides is 1. The zero-order valence-electron chi connectivity index (χ0n) is 11.5. The summed E-state index contributed by atoms with van der Waals surface area (Å²) in [5.41, 5.74) is 9.54. The van der Waals surface area contributed by atoms with Crippen LogP contribution in [0.1, 0.15) is 10.4 Å². The van der Waals surface area contributed by atoms with Crippen molar-refractivity contribution in [3.05, 3.63) is 60.2 Å². The zero-order valence-corrected chi connectivity index (χ0v) is 11.5. The molecule has 3 amide bonds. The van der Waals surface area contributed by atoms with Gasteiger partial charge in [0.2, 0.25) is 0 Å². The maximum absolute atomic E-state index is 12.2. The average molecular weight is 284 g/mol. The van der Waals surface area contributed by atoms with Crippen LogP contribution in [0.15, 0.2) is 54.6 Å². The molecule has 0 heterocycles. The maximum Gasteiger partial charge on any atom is 0.316 e. The fourth-order valence-electron chi connectivity index (χ4n) is 1.81. The number of hydrogen-bond donors (Lipinski definition) is 3. The second kappa shape index (κ2) is 6.42. The molecule has 0 saturated heterocycles. The first kappa shape index (κ1) is 14.4. The smallest absolute Gasteiger partial charge is 0.316 e. The van der Waals surface area contributed by atoms with Gasteiger partial charge in [0.25, 0.3) is 5.91 Å². The van der Waals surface area contributed by atoms with E-state index >= 15 is 0 Å². The van der Waals surface area contributed by atoms with Crippen LogP contribution in [0.5, 0.6) is 0 Å². The van der Waals surface area contributed by atoms with Gasteiger partial charge in [-0.15, -0.1) is 0 Å². The van der Waals surface area contributed by atoms with Crippen LogP contribution in [0.4, 0.5) is 16.2 Å². The molecular weight excluding hydrogens is 268 g/mol. The van der Waals surface area contributed by atoms with Gasteiger partial charge in [0.05, 0.1) is 5.69 Å². The van der Waals surface area contributed by atoms with Gasteiger partial charge in [-0.1, -0.05) is 24.3 Å². The van der Waals surface area contributed by atoms with Gasteiger partial charge in [0, 0.05) is 18.3 Å². The van der Waals surface area contributed by atoms with E-state index in [1.807, 2.05) is 30.3 Å². The molecule has 6 nitrogen and oxygen atoms in total. The molecule has 6 heteroatoms. The third-order valence-electron chi connectivity index (χ3n) is 2.81. The number of hydrogen-bond acceptors (Lipinski definition) is 3. The lowest BCUT2D eigenvalue weighted by Gasteiger charge is -2.20. The van der Waals surface area contributed by atoms with Gasteiger partial charge in [-0.05, 0) is 30.3 Å². The molecule has 21 heavy (non-hydrogen) atoms. The van der Waals surface area contributed by atoms with Gasteiger partial charge >= 0.3 is 6.03 Å². The Kier molecular flexibility index (Phi) is 4.40. The van der Waals surface area contributed by atoms with Gasteiger partial charge in [-0.2, -0.15) is 0 Å². The van der Waals surface area contributed by atoms with Crippen LogP contribution in [0.3, 0.4) is 0 Å². The Bertz CT molecular complexity index is 643. The van der Waals surface area contributed by atoms with Gasteiger partial charge in [-0.25, -0.2) is 4.79 Å². The highest BCUT2D eigenvalue weighted by atomic mass is 16.2. The summed E-state index contributed by atoms with van der Waals surface area (Å²) in [6.45, 7) is 0. The number of nitrogens with zero attached hydrogens (tertiary/aromatic N) is 1. The fourth-order valence-corrected chi connectivity index (χ4v) is 1.81. The van der Waals surface area contributed by atoms with E-state index in [1.165, 1.54) is 0 Å². The van der Waals surface area contributed by atoms with Gasteiger partial charge in [0.15, 0.2) is 0 Å². The molecule has 0 saturated carbocycles. The molecule has 0 spiro atoms. The van der Waals surface area contributed by atoms with E-state index in [0.717, 1.165) is 5.69 Å². The predicted octanol–water partition coefficient (Wildman–Crippen LogP) is 1.96. The molecule has 108 valence electrons. The van der Waals surface area contributed by atoms with E-state index in [2.05, 4.69) is 10.7 Å². The van der Waals surface area contributed by atoms with Crippen molar-refractivity contribution in [1.29, 1.82) is 0 Å². The van der Waals surface area contributed by atoms with Gasteiger partial charge in [0.1, 0.15) is 0 Å². The number of nitrogens with two attached hydrogens (primary N) is 1. The topological polar surface area (TPSA) is 87.5 Å². The van der Waals surface area contributed by atoms with Gasteiger partial charge < -0.3 is 11.1 Å². The summed E-state index contributed by atoms with van der Waals surface area (Å²) in [5, 5.41) is 4.05. The van der Waals surface area contributed by atoms with E-state index in [9.17, 15) is 9.59 Å². The third kappa shape index (κ3) is 3.97. The number of amides is 3. The van der Waals surface area contributed by atoms with Crippen LogP contribution in [-0.2, 0) is 0 Å². The number of nitrogens with one attached hydrogen (secondary N) is 2. The molecule has 0 aliphatic heterocycles. The SMILES string of the molecule is CN(NC(=O)c1cccc(NC(N)=O)c1)c1ccccc1. The Balaban J connectivity index is 2.08. The summed E-state index contributed by atoms with van der Waals surface area (Å²) in [4.78, 5) is 23.0. The molecule has 0 fully saturated rings. The predicted molar refractivity (Wildman–Crippen MR) is 82.0 cm³/mol. The van der Waals surface area contributed by atoms with E-state index < -0.39 is 6.03 Å². The number of hydrazine groups is 1. The van der Waals surface area contributed by atoms with Crippen molar-refractivity contribution in [3.8, 4) is 0 Å². The first-order chi connectivity index (χ1) is 10.1. The molecule has 0 radical (unpaired) electrons. The number of urea groups is 1. The standard InChI is InChI=1S/C15H16N4O2/c1-19(13-8-3-2-4-9-13)18-14(20)11-6-5-7-12(10-11)17-15(16)21/h2-10H,1H3,(H,18,20)(H3,16,17,21). The molecule has 2 aromatic rings. The van der Waals surface area contributed by atoms with Crippen LogP contribution in [0.2, 0.25) is 0 Å². The van der Waals surface area contributed by atoms with Crippen LogP contribution in [0, 0.1) is 0 Å². The summed E-state index contributed by atoms with van der Waals surface area (Å²) in [6.07, 6.45) is 0. The van der Waals surface area contributed by atoms with Crippen molar-refractivity contribution in [2.24, 2.45) is 5.73 Å². The van der Waals surface area contributed by atoms with Gasteiger partial charge in [-0.3, -0.25) is 15.2 Å². The molecule has 2 rings (SSSR count). The molecule has 4 N–H and O–H groups in total. The van der Waals surface area contributed by atoms with Crippen LogP contribution in [0.25, 0.3) is 0 Å². The maximum atomic E-state index is 12.2. The van der Waals surface area contributed by atoms with Crippen LogP contribution in [-0.4, -0.2) is 19.0 Å². The zero-order chi connectivity index (χ0) is 15.2. The Labute approximate surface area is 122 Å². The van der Waals surface area contributed by atoms with E-state index in [4.69, 9.17) is 5.73 Å². The van der Waals surface area contributed by atoms with E-state index in [-0.39, 0.29) is 5.91 Å². The molecule has 0 bridgehead atoms. The molecular formula is C15H16N4O2. The largest absolute Gasteiger partial charge is 0.351 e. The molecule has 0 aliphatic rings. The Morgan fingerprint density at radius 1 is 1.05 bits per heavy atom. The molecule has 2 aromatic carbocycles. The Hall–Kier alpha value is -3.02. The summed E-state index contributed by atoms with van der Waals surface area (Å²) in [6, 6.07) is 15.3. The monoisotopic (exact) mass is 284 g/mol. The molecule has 0 unspecified atom stereocenters. The number of carbonyl (C=O) groups excluding carboxylic acids is 2. The summed E-state index contributed by atoms with van der Waals surface area (Å²) in [7, 11) is 1.75.